The van der Waals surface area contributed by atoms with Crippen LogP contribution >= 0.6 is 23.2 Å². The molecule has 0 aromatic heterocycles. The largest absolute Gasteiger partial charge is 0.352 e. The van der Waals surface area contributed by atoms with Crippen molar-refractivity contribution in [3.8, 4) is 0 Å². The molecule has 2 aromatic rings. The van der Waals surface area contributed by atoms with Gasteiger partial charge in [-0.15, -0.1) is 0 Å². The molecule has 4 nitrogen and oxygen atoms in total. The third-order valence-electron chi connectivity index (χ3n) is 4.78. The number of carbonyl (C=O) groups excluding carboxylic acids is 2. The van der Waals surface area contributed by atoms with Gasteiger partial charge in [-0.3, -0.25) is 9.59 Å². The third kappa shape index (κ3) is 4.82. The highest BCUT2D eigenvalue weighted by Crippen LogP contribution is 2.35. The van der Waals surface area contributed by atoms with Gasteiger partial charge in [0.25, 0.3) is 0 Å². The highest BCUT2D eigenvalue weighted by Gasteiger charge is 2.45. The molecule has 1 aliphatic rings. The zero-order valence-corrected chi connectivity index (χ0v) is 16.8. The van der Waals surface area contributed by atoms with Crippen LogP contribution in [0.2, 0.25) is 10.0 Å². The Hall–Kier alpha value is -2.04. The number of amides is 2. The number of para-hydroxylation sites is 1. The fourth-order valence-electron chi connectivity index (χ4n) is 2.99. The van der Waals surface area contributed by atoms with Gasteiger partial charge in [0.05, 0.1) is 5.92 Å². The van der Waals surface area contributed by atoms with E-state index in [1.165, 1.54) is 0 Å². The molecule has 0 heterocycles. The van der Waals surface area contributed by atoms with E-state index in [1.807, 2.05) is 44.2 Å². The van der Waals surface area contributed by atoms with Gasteiger partial charge in [-0.2, -0.15) is 0 Å². The number of hydrogen-bond donors (Lipinski definition) is 2. The summed E-state index contributed by atoms with van der Waals surface area (Å²) in [5.41, 5.74) is 0.820. The minimum absolute atomic E-state index is 0.0709. The van der Waals surface area contributed by atoms with E-state index >= 15 is 0 Å². The van der Waals surface area contributed by atoms with Crippen LogP contribution in [0.25, 0.3) is 0 Å². The van der Waals surface area contributed by atoms with Crippen molar-refractivity contribution in [2.75, 3.05) is 5.32 Å². The molecule has 1 saturated carbocycles. The first kappa shape index (κ1) is 19.7. The molecule has 2 aromatic carbocycles. The number of rotatable bonds is 6. The summed E-state index contributed by atoms with van der Waals surface area (Å²) in [7, 11) is 0. The summed E-state index contributed by atoms with van der Waals surface area (Å²) >= 11 is 12.5. The predicted octanol–water partition coefficient (Wildman–Crippen LogP) is 4.71. The summed E-state index contributed by atoms with van der Waals surface area (Å²) in [6.45, 7) is 3.70. The van der Waals surface area contributed by atoms with Crippen LogP contribution in [0.1, 0.15) is 25.8 Å². The minimum atomic E-state index is -0.697. The molecule has 2 unspecified atom stereocenters. The van der Waals surface area contributed by atoms with E-state index in [0.29, 0.717) is 22.9 Å². The first-order valence-corrected chi connectivity index (χ1v) is 9.63. The van der Waals surface area contributed by atoms with Gasteiger partial charge < -0.3 is 10.6 Å². The van der Waals surface area contributed by atoms with Crippen LogP contribution in [0.15, 0.2) is 48.5 Å². The van der Waals surface area contributed by atoms with Crippen molar-refractivity contribution in [3.05, 3.63) is 64.1 Å². The standard InChI is InChI=1S/C21H22Cl2N2O2/c1-21(2,12-15-16(22)9-6-10-17(15)23)20(27)25-18-11-14(18)19(26)24-13-7-4-3-5-8-13/h3-10,14,18H,11-12H2,1-2H3,(H,24,26)(H,25,27). The molecule has 6 heteroatoms. The quantitative estimate of drug-likeness (QED) is 0.732. The van der Waals surface area contributed by atoms with E-state index in [2.05, 4.69) is 10.6 Å². The highest BCUT2D eigenvalue weighted by molar-refractivity contribution is 6.36. The molecule has 2 N–H and O–H groups in total. The van der Waals surface area contributed by atoms with Gasteiger partial charge >= 0.3 is 0 Å². The van der Waals surface area contributed by atoms with Crippen LogP contribution in [-0.4, -0.2) is 17.9 Å². The van der Waals surface area contributed by atoms with Crippen molar-refractivity contribution in [1.29, 1.82) is 0 Å². The molecule has 0 saturated heterocycles. The van der Waals surface area contributed by atoms with Crippen LogP contribution in [-0.2, 0) is 16.0 Å². The first-order chi connectivity index (χ1) is 12.8. The molecule has 0 spiro atoms. The Kier molecular flexibility index (Phi) is 5.78. The van der Waals surface area contributed by atoms with Gasteiger partial charge in [0.15, 0.2) is 0 Å². The number of nitrogens with one attached hydrogen (secondary N) is 2. The van der Waals surface area contributed by atoms with Crippen molar-refractivity contribution >= 4 is 40.7 Å². The number of anilines is 1. The SMILES string of the molecule is CC(C)(Cc1c(Cl)cccc1Cl)C(=O)NC1CC1C(=O)Nc1ccccc1. The first-order valence-electron chi connectivity index (χ1n) is 8.88. The van der Waals surface area contributed by atoms with Crippen molar-refractivity contribution < 1.29 is 9.59 Å². The molecule has 0 aliphatic heterocycles. The maximum atomic E-state index is 12.7. The highest BCUT2D eigenvalue weighted by atomic mass is 35.5. The molecular weight excluding hydrogens is 383 g/mol. The van der Waals surface area contributed by atoms with E-state index < -0.39 is 5.41 Å². The molecule has 1 aliphatic carbocycles. The van der Waals surface area contributed by atoms with Gasteiger partial charge in [0.1, 0.15) is 0 Å². The maximum Gasteiger partial charge on any atom is 0.229 e. The van der Waals surface area contributed by atoms with Crippen molar-refractivity contribution in [3.63, 3.8) is 0 Å². The second-order valence-electron chi connectivity index (χ2n) is 7.54. The Balaban J connectivity index is 1.56. The Labute approximate surface area is 169 Å². The van der Waals surface area contributed by atoms with Gasteiger partial charge in [0.2, 0.25) is 11.8 Å². The van der Waals surface area contributed by atoms with Crippen LogP contribution < -0.4 is 10.6 Å². The average Bonchev–Trinajstić information content (AvgIpc) is 3.38. The van der Waals surface area contributed by atoms with Crippen molar-refractivity contribution in [2.24, 2.45) is 11.3 Å². The molecule has 2 atom stereocenters. The summed E-state index contributed by atoms with van der Waals surface area (Å²) in [5.74, 6) is -0.384. The van der Waals surface area contributed by atoms with Gasteiger partial charge in [-0.25, -0.2) is 0 Å². The Morgan fingerprint density at radius 2 is 1.67 bits per heavy atom. The predicted molar refractivity (Wildman–Crippen MR) is 109 cm³/mol. The zero-order chi connectivity index (χ0) is 19.6. The van der Waals surface area contributed by atoms with E-state index in [-0.39, 0.29) is 23.8 Å². The molecular formula is C21H22Cl2N2O2. The lowest BCUT2D eigenvalue weighted by Gasteiger charge is -2.25. The van der Waals surface area contributed by atoms with Crippen molar-refractivity contribution in [2.45, 2.75) is 32.7 Å². The fraction of sp³-hybridized carbons (Fsp3) is 0.333. The summed E-state index contributed by atoms with van der Waals surface area (Å²) in [6, 6.07) is 14.5. The van der Waals surface area contributed by atoms with Crippen LogP contribution in [0.3, 0.4) is 0 Å². The third-order valence-corrected chi connectivity index (χ3v) is 5.49. The number of halogens is 2. The van der Waals surface area contributed by atoms with Crippen LogP contribution in [0.5, 0.6) is 0 Å². The summed E-state index contributed by atoms with van der Waals surface area (Å²) in [4.78, 5) is 25.0. The zero-order valence-electron chi connectivity index (χ0n) is 15.3. The van der Waals surface area contributed by atoms with E-state index in [4.69, 9.17) is 23.2 Å². The molecule has 0 radical (unpaired) electrons. The number of hydrogen-bond acceptors (Lipinski definition) is 2. The monoisotopic (exact) mass is 404 g/mol. The molecule has 3 rings (SSSR count). The number of benzene rings is 2. The molecule has 0 bridgehead atoms. The Morgan fingerprint density at radius 1 is 1.04 bits per heavy atom. The van der Waals surface area contributed by atoms with E-state index in [9.17, 15) is 9.59 Å². The van der Waals surface area contributed by atoms with E-state index in [1.54, 1.807) is 18.2 Å². The van der Waals surface area contributed by atoms with E-state index in [0.717, 1.165) is 11.3 Å². The van der Waals surface area contributed by atoms with Gasteiger partial charge in [-0.1, -0.05) is 61.3 Å². The summed E-state index contributed by atoms with van der Waals surface area (Å²) < 4.78 is 0. The molecule has 142 valence electrons. The molecule has 1 fully saturated rings. The average molecular weight is 405 g/mol. The lowest BCUT2D eigenvalue weighted by atomic mass is 9.84. The normalized spacial score (nSPS) is 18.7. The fourth-order valence-corrected chi connectivity index (χ4v) is 3.52. The topological polar surface area (TPSA) is 58.2 Å². The lowest BCUT2D eigenvalue weighted by Crippen LogP contribution is -2.40. The second kappa shape index (κ2) is 7.91. The minimum Gasteiger partial charge on any atom is -0.352 e. The summed E-state index contributed by atoms with van der Waals surface area (Å²) in [5, 5.41) is 6.96. The van der Waals surface area contributed by atoms with Crippen molar-refractivity contribution in [1.82, 2.24) is 5.32 Å². The van der Waals surface area contributed by atoms with Gasteiger partial charge in [0, 0.05) is 27.2 Å². The van der Waals surface area contributed by atoms with Crippen LogP contribution in [0, 0.1) is 11.3 Å². The Bertz CT molecular complexity index is 832. The molecule has 2 amide bonds. The Morgan fingerprint density at radius 3 is 2.30 bits per heavy atom. The van der Waals surface area contributed by atoms with Crippen LogP contribution in [0.4, 0.5) is 5.69 Å². The maximum absolute atomic E-state index is 12.7. The summed E-state index contributed by atoms with van der Waals surface area (Å²) in [6.07, 6.45) is 1.07. The van der Waals surface area contributed by atoms with Gasteiger partial charge in [-0.05, 0) is 42.7 Å². The smallest absolute Gasteiger partial charge is 0.229 e. The second-order valence-corrected chi connectivity index (χ2v) is 8.35. The lowest BCUT2D eigenvalue weighted by molar-refractivity contribution is -0.129. The molecule has 27 heavy (non-hydrogen) atoms. The number of carbonyl (C=O) groups is 2.